The molecular formula is C80H90N2O10. The SMILES string of the molecule is CC1=C(c2cccc(OC3CCCCO3)c2)C(c2ccc(C#CCN3CCCCC3c3cc(OC4CCCCO4)cc(C4=C(C)c5cc(OC6CCCCO6)ccc5OC4c4ccc(/C=C\CN5CCCCC5)cc4)c3)cc2)Oc2ccc(OC3CCCCO3)cc21. The third kappa shape index (κ3) is 15.0. The Morgan fingerprint density at radius 1 is 0.457 bits per heavy atom. The van der Waals surface area contributed by atoms with Crippen LogP contribution in [0.1, 0.15) is 198 Å². The summed E-state index contributed by atoms with van der Waals surface area (Å²) in [5.74, 6) is 12.0. The van der Waals surface area contributed by atoms with Crippen LogP contribution in [-0.2, 0) is 18.9 Å². The summed E-state index contributed by atoms with van der Waals surface area (Å²) in [5, 5.41) is 0. The summed E-state index contributed by atoms with van der Waals surface area (Å²) in [6, 6.07) is 45.3. The molecule has 14 rings (SSSR count). The Labute approximate surface area is 544 Å². The minimum Gasteiger partial charge on any atom is -0.480 e. The fraction of sp³-hybridized carbons (Fsp3) is 0.450. The van der Waals surface area contributed by atoms with E-state index in [1.807, 2.05) is 24.3 Å². The monoisotopic (exact) mass is 1240 g/mol. The van der Waals surface area contributed by atoms with Crippen molar-refractivity contribution in [2.75, 3.05) is 59.2 Å². The first-order chi connectivity index (χ1) is 45.4. The van der Waals surface area contributed by atoms with Gasteiger partial charge in [-0.05, 0) is 234 Å². The highest BCUT2D eigenvalue weighted by molar-refractivity contribution is 5.97. The summed E-state index contributed by atoms with van der Waals surface area (Å²) in [6.07, 6.45) is 21.9. The van der Waals surface area contributed by atoms with Crippen molar-refractivity contribution < 1.29 is 47.4 Å². The molecule has 92 heavy (non-hydrogen) atoms. The zero-order valence-electron chi connectivity index (χ0n) is 53.9. The van der Waals surface area contributed by atoms with Crippen LogP contribution in [0, 0.1) is 11.8 Å². The summed E-state index contributed by atoms with van der Waals surface area (Å²) in [5.41, 5.74) is 14.0. The number of hydrogen-bond acceptors (Lipinski definition) is 12. The fourth-order valence-electron chi connectivity index (χ4n) is 14.6. The molecule has 0 amide bonds. The van der Waals surface area contributed by atoms with E-state index in [2.05, 4.69) is 151 Å². The fourth-order valence-corrected chi connectivity index (χ4v) is 14.6. The van der Waals surface area contributed by atoms with Crippen molar-refractivity contribution in [2.45, 2.75) is 173 Å². The lowest BCUT2D eigenvalue weighted by Crippen LogP contribution is -2.34. The molecule has 0 radical (unpaired) electrons. The molecule has 0 aliphatic carbocycles. The van der Waals surface area contributed by atoms with Gasteiger partial charge in [0.15, 0.2) is 25.2 Å². The molecule has 0 spiro atoms. The number of benzene rings is 6. The topological polar surface area (TPSA) is 98.8 Å². The Bertz CT molecular complexity index is 3640. The smallest absolute Gasteiger partial charge is 0.199 e. The number of likely N-dealkylation sites (tertiary alicyclic amines) is 2. The predicted molar refractivity (Wildman–Crippen MR) is 362 cm³/mol. The summed E-state index contributed by atoms with van der Waals surface area (Å²) in [7, 11) is 0. The lowest BCUT2D eigenvalue weighted by Gasteiger charge is -2.36. The average molecular weight is 1240 g/mol. The van der Waals surface area contributed by atoms with E-state index in [0.29, 0.717) is 19.8 Å². The Morgan fingerprint density at radius 3 is 1.53 bits per heavy atom. The quantitative estimate of drug-likeness (QED) is 0.0813. The first-order valence-corrected chi connectivity index (χ1v) is 34.6. The molecular weight excluding hydrogens is 1150 g/mol. The van der Waals surface area contributed by atoms with Crippen molar-refractivity contribution in [3.05, 3.63) is 184 Å². The van der Waals surface area contributed by atoms with E-state index in [4.69, 9.17) is 47.4 Å². The van der Waals surface area contributed by atoms with Gasteiger partial charge in [-0.3, -0.25) is 9.80 Å². The van der Waals surface area contributed by atoms with Crippen molar-refractivity contribution in [1.82, 2.24) is 9.80 Å². The minimum absolute atomic E-state index is 0.111. The number of piperidine rings is 2. The minimum atomic E-state index is -0.387. The van der Waals surface area contributed by atoms with Crippen LogP contribution in [-0.4, -0.2) is 94.1 Å². The molecule has 8 aliphatic heterocycles. The van der Waals surface area contributed by atoms with Crippen molar-refractivity contribution in [1.29, 1.82) is 0 Å². The van der Waals surface area contributed by atoms with Crippen LogP contribution in [0.2, 0.25) is 0 Å². The molecule has 12 heteroatoms. The lowest BCUT2D eigenvalue weighted by molar-refractivity contribution is -0.106. The van der Waals surface area contributed by atoms with Crippen molar-refractivity contribution in [2.24, 2.45) is 0 Å². The van der Waals surface area contributed by atoms with E-state index in [9.17, 15) is 0 Å². The highest BCUT2D eigenvalue weighted by Gasteiger charge is 2.35. The number of allylic oxidation sites excluding steroid dienone is 2. The van der Waals surface area contributed by atoms with Crippen LogP contribution in [0.3, 0.4) is 0 Å². The molecule has 7 atom stereocenters. The molecule has 6 saturated heterocycles. The Hall–Kier alpha value is -7.34. The summed E-state index contributed by atoms with van der Waals surface area (Å²) in [4.78, 5) is 5.12. The predicted octanol–water partition coefficient (Wildman–Crippen LogP) is 17.5. The van der Waals surface area contributed by atoms with Crippen LogP contribution >= 0.6 is 0 Å². The summed E-state index contributed by atoms with van der Waals surface area (Å²) >= 11 is 0. The maximum Gasteiger partial charge on any atom is 0.199 e. The van der Waals surface area contributed by atoms with Gasteiger partial charge in [0.25, 0.3) is 0 Å². The average Bonchev–Trinajstić information content (AvgIpc) is 0.797. The van der Waals surface area contributed by atoms with E-state index in [1.54, 1.807) is 0 Å². The largest absolute Gasteiger partial charge is 0.480 e. The van der Waals surface area contributed by atoms with Crippen LogP contribution in [0.15, 0.2) is 133 Å². The molecule has 6 aromatic carbocycles. The highest BCUT2D eigenvalue weighted by Crippen LogP contribution is 2.51. The van der Waals surface area contributed by atoms with Crippen LogP contribution in [0.25, 0.3) is 28.4 Å². The Balaban J connectivity index is 0.752. The zero-order chi connectivity index (χ0) is 62.0. The second-order valence-corrected chi connectivity index (χ2v) is 26.2. The third-order valence-electron chi connectivity index (χ3n) is 19.6. The molecule has 8 heterocycles. The molecule has 0 saturated carbocycles. The van der Waals surface area contributed by atoms with Crippen LogP contribution in [0.5, 0.6) is 34.5 Å². The maximum atomic E-state index is 7.24. The second kappa shape index (κ2) is 29.7. The van der Waals surface area contributed by atoms with Gasteiger partial charge in [-0.2, -0.15) is 0 Å². The number of fused-ring (bicyclic) bond motifs is 2. The van der Waals surface area contributed by atoms with Crippen molar-refractivity contribution >= 4 is 28.4 Å². The van der Waals surface area contributed by atoms with Gasteiger partial charge in [0.05, 0.1) is 33.0 Å². The Kier molecular flexibility index (Phi) is 20.1. The van der Waals surface area contributed by atoms with E-state index in [1.165, 1.54) is 43.5 Å². The van der Waals surface area contributed by atoms with Gasteiger partial charge in [0.1, 0.15) is 46.7 Å². The van der Waals surface area contributed by atoms with Crippen LogP contribution in [0.4, 0.5) is 0 Å². The standard InChI is InChI=1S/C80H90N2O10/c1-55-68-53-65(88-74-25-6-13-46-84-74)36-38-71(68)91-79(77(55)61-21-16-22-64(50-61)87-73-24-5-12-45-83-73)59-32-30-58(31-33-59)20-18-44-82-43-11-4-23-70(82)62-49-63(52-67(51-62)90-76-27-8-15-48-86-76)78-56(2)69-54-66(89-75-26-7-14-47-85-75)37-39-72(69)92-80(78)60-34-28-57(29-35-60)19-17-42-81-40-9-3-10-41-81/h16-17,19,21-22,28-39,49-54,70,73-76,79-80H,3-15,23-27,40-48H2,1-2H3/b19-17-. The van der Waals surface area contributed by atoms with Gasteiger partial charge in [0.2, 0.25) is 0 Å². The molecule has 0 bridgehead atoms. The molecule has 7 unspecified atom stereocenters. The van der Waals surface area contributed by atoms with Gasteiger partial charge in [-0.15, -0.1) is 0 Å². The zero-order valence-corrected chi connectivity index (χ0v) is 53.9. The molecule has 6 fully saturated rings. The Morgan fingerprint density at radius 2 is 0.967 bits per heavy atom. The number of ether oxygens (including phenoxy) is 10. The number of hydrogen-bond donors (Lipinski definition) is 0. The number of nitrogens with zero attached hydrogens (tertiary/aromatic N) is 2. The van der Waals surface area contributed by atoms with Gasteiger partial charge in [0, 0.05) is 66.1 Å². The molecule has 12 nitrogen and oxygen atoms in total. The molecule has 0 N–H and O–H groups in total. The maximum absolute atomic E-state index is 7.24. The van der Waals surface area contributed by atoms with Gasteiger partial charge in [-0.25, -0.2) is 0 Å². The summed E-state index contributed by atoms with van der Waals surface area (Å²) in [6.45, 7) is 12.2. The normalized spacial score (nSPS) is 24.7. The van der Waals surface area contributed by atoms with E-state index in [0.717, 1.165) is 218 Å². The molecule has 8 aliphatic rings. The van der Waals surface area contributed by atoms with E-state index in [-0.39, 0.29) is 43.4 Å². The van der Waals surface area contributed by atoms with Crippen LogP contribution < -0.4 is 28.4 Å². The van der Waals surface area contributed by atoms with Crippen molar-refractivity contribution in [3.8, 4) is 46.3 Å². The van der Waals surface area contributed by atoms with Gasteiger partial charge >= 0.3 is 0 Å². The second-order valence-electron chi connectivity index (χ2n) is 26.2. The summed E-state index contributed by atoms with van der Waals surface area (Å²) < 4.78 is 64.8. The number of rotatable bonds is 17. The molecule has 6 aromatic rings. The van der Waals surface area contributed by atoms with Gasteiger partial charge < -0.3 is 47.4 Å². The molecule has 0 aromatic heterocycles. The molecule has 480 valence electrons. The first-order valence-electron chi connectivity index (χ1n) is 34.6. The van der Waals surface area contributed by atoms with Gasteiger partial charge in [-0.1, -0.05) is 85.4 Å². The third-order valence-corrected chi connectivity index (χ3v) is 19.6. The highest BCUT2D eigenvalue weighted by atomic mass is 16.7. The van der Waals surface area contributed by atoms with E-state index < -0.39 is 0 Å². The first kappa shape index (κ1) is 62.1. The van der Waals surface area contributed by atoms with Crippen molar-refractivity contribution in [3.63, 3.8) is 0 Å². The lowest BCUT2D eigenvalue weighted by atomic mass is 9.84. The van der Waals surface area contributed by atoms with E-state index >= 15 is 0 Å².